The van der Waals surface area contributed by atoms with Crippen LogP contribution < -0.4 is 5.32 Å². The molecule has 1 fully saturated rings. The average molecular weight is 362 g/mol. The molecule has 0 radical (unpaired) electrons. The smallest absolute Gasteiger partial charge is 0.226 e. The Hall–Kier alpha value is -2.25. The Labute approximate surface area is 151 Å². The molecule has 0 unspecified atom stereocenters. The summed E-state index contributed by atoms with van der Waals surface area (Å²) in [5.74, 6) is 0.166. The van der Waals surface area contributed by atoms with Gasteiger partial charge in [-0.3, -0.25) is 4.79 Å². The van der Waals surface area contributed by atoms with Gasteiger partial charge in [-0.2, -0.15) is 0 Å². The predicted octanol–water partition coefficient (Wildman–Crippen LogP) is 2.58. The van der Waals surface area contributed by atoms with Gasteiger partial charge >= 0.3 is 0 Å². The van der Waals surface area contributed by atoms with E-state index < -0.39 is 5.41 Å². The van der Waals surface area contributed by atoms with E-state index in [0.29, 0.717) is 62.6 Å². The number of hydrogen-bond donors (Lipinski definition) is 1. The maximum atomic E-state index is 13.9. The fourth-order valence-corrected chi connectivity index (χ4v) is 3.23. The summed E-state index contributed by atoms with van der Waals surface area (Å²) in [6, 6.07) is 8.11. The standard InChI is InChI=1S/C19H23FN2O4/c1-24-11-8-21-18(23)19(6-9-25-10-7-19)13-14-12-17(22-26-14)15-4-2-3-5-16(15)20/h2-5,12H,6-11,13H2,1H3,(H,21,23). The molecule has 0 bridgehead atoms. The molecule has 2 heterocycles. The van der Waals surface area contributed by atoms with Crippen molar-refractivity contribution in [1.29, 1.82) is 0 Å². The fourth-order valence-electron chi connectivity index (χ4n) is 3.23. The van der Waals surface area contributed by atoms with Crippen LogP contribution in [0.1, 0.15) is 18.6 Å². The highest BCUT2D eigenvalue weighted by Gasteiger charge is 2.41. The number of nitrogens with zero attached hydrogens (tertiary/aromatic N) is 1. The average Bonchev–Trinajstić information content (AvgIpc) is 3.11. The van der Waals surface area contributed by atoms with Gasteiger partial charge in [-0.1, -0.05) is 17.3 Å². The van der Waals surface area contributed by atoms with Crippen molar-refractivity contribution in [3.63, 3.8) is 0 Å². The van der Waals surface area contributed by atoms with E-state index in [-0.39, 0.29) is 11.7 Å². The molecule has 140 valence electrons. The zero-order valence-electron chi connectivity index (χ0n) is 14.8. The monoisotopic (exact) mass is 362 g/mol. The second-order valence-corrected chi connectivity index (χ2v) is 6.48. The highest BCUT2D eigenvalue weighted by molar-refractivity contribution is 5.83. The highest BCUT2D eigenvalue weighted by atomic mass is 19.1. The van der Waals surface area contributed by atoms with Crippen LogP contribution in [0.2, 0.25) is 0 Å². The lowest BCUT2D eigenvalue weighted by Gasteiger charge is -2.35. The van der Waals surface area contributed by atoms with Gasteiger partial charge in [-0.25, -0.2) is 4.39 Å². The van der Waals surface area contributed by atoms with Gasteiger partial charge in [0.2, 0.25) is 5.91 Å². The highest BCUT2D eigenvalue weighted by Crippen LogP contribution is 2.35. The molecule has 0 spiro atoms. The van der Waals surface area contributed by atoms with E-state index >= 15 is 0 Å². The number of carbonyl (C=O) groups is 1. The first-order valence-electron chi connectivity index (χ1n) is 8.70. The molecule has 1 aliphatic rings. The van der Waals surface area contributed by atoms with Crippen molar-refractivity contribution in [2.75, 3.05) is 33.5 Å². The van der Waals surface area contributed by atoms with E-state index in [9.17, 15) is 9.18 Å². The van der Waals surface area contributed by atoms with Crippen molar-refractivity contribution < 1.29 is 23.2 Å². The number of nitrogens with one attached hydrogen (secondary N) is 1. The van der Waals surface area contributed by atoms with Crippen molar-refractivity contribution in [3.05, 3.63) is 41.9 Å². The van der Waals surface area contributed by atoms with Gasteiger partial charge in [-0.05, 0) is 25.0 Å². The maximum absolute atomic E-state index is 13.9. The van der Waals surface area contributed by atoms with Crippen LogP contribution in [0.5, 0.6) is 0 Å². The van der Waals surface area contributed by atoms with Crippen LogP contribution in [0.3, 0.4) is 0 Å². The van der Waals surface area contributed by atoms with Crippen molar-refractivity contribution >= 4 is 5.91 Å². The molecule has 1 aromatic heterocycles. The summed E-state index contributed by atoms with van der Waals surface area (Å²) in [4.78, 5) is 12.8. The van der Waals surface area contributed by atoms with E-state index in [1.165, 1.54) is 6.07 Å². The SMILES string of the molecule is COCCNC(=O)C1(Cc2cc(-c3ccccc3F)no2)CCOCC1. The summed E-state index contributed by atoms with van der Waals surface area (Å²) in [5.41, 5.74) is 0.200. The third-order valence-corrected chi connectivity index (χ3v) is 4.74. The molecule has 1 aliphatic heterocycles. The molecule has 1 amide bonds. The number of halogens is 1. The minimum Gasteiger partial charge on any atom is -0.383 e. The fraction of sp³-hybridized carbons (Fsp3) is 0.474. The first-order valence-corrected chi connectivity index (χ1v) is 8.70. The zero-order chi connectivity index (χ0) is 18.4. The quantitative estimate of drug-likeness (QED) is 0.767. The van der Waals surface area contributed by atoms with Gasteiger partial charge in [0.1, 0.15) is 17.3 Å². The molecule has 0 atom stereocenters. The molecule has 2 aromatic rings. The Balaban J connectivity index is 1.77. The summed E-state index contributed by atoms with van der Waals surface area (Å²) in [6.45, 7) is 1.95. The molecular weight excluding hydrogens is 339 g/mol. The van der Waals surface area contributed by atoms with Crippen molar-refractivity contribution in [1.82, 2.24) is 10.5 Å². The van der Waals surface area contributed by atoms with Crippen LogP contribution in [-0.2, 0) is 20.7 Å². The summed E-state index contributed by atoms with van der Waals surface area (Å²) in [7, 11) is 1.59. The largest absolute Gasteiger partial charge is 0.383 e. The molecule has 3 rings (SSSR count). The minimum atomic E-state index is -0.613. The first kappa shape index (κ1) is 18.5. The number of benzene rings is 1. The summed E-state index contributed by atoms with van der Waals surface area (Å²) < 4.78 is 29.8. The Morgan fingerprint density at radius 3 is 2.85 bits per heavy atom. The molecule has 6 nitrogen and oxygen atoms in total. The summed E-state index contributed by atoms with van der Waals surface area (Å²) in [5, 5.41) is 6.90. The van der Waals surface area contributed by atoms with E-state index in [1.807, 2.05) is 0 Å². The molecule has 26 heavy (non-hydrogen) atoms. The van der Waals surface area contributed by atoms with E-state index in [0.717, 1.165) is 0 Å². The summed E-state index contributed by atoms with van der Waals surface area (Å²) in [6.07, 6.45) is 1.60. The van der Waals surface area contributed by atoms with Gasteiger partial charge < -0.3 is 19.3 Å². The topological polar surface area (TPSA) is 73.6 Å². The molecule has 1 aromatic carbocycles. The third kappa shape index (κ3) is 4.11. The van der Waals surface area contributed by atoms with E-state index in [4.69, 9.17) is 14.0 Å². The maximum Gasteiger partial charge on any atom is 0.226 e. The lowest BCUT2D eigenvalue weighted by atomic mass is 9.75. The number of hydrogen-bond acceptors (Lipinski definition) is 5. The van der Waals surface area contributed by atoms with Crippen LogP contribution >= 0.6 is 0 Å². The van der Waals surface area contributed by atoms with Gasteiger partial charge in [0.25, 0.3) is 0 Å². The molecule has 7 heteroatoms. The van der Waals surface area contributed by atoms with Gasteiger partial charge in [0, 0.05) is 44.9 Å². The van der Waals surface area contributed by atoms with Crippen LogP contribution in [0, 0.1) is 11.2 Å². The Morgan fingerprint density at radius 2 is 2.12 bits per heavy atom. The number of aromatic nitrogens is 1. The number of rotatable bonds is 7. The lowest BCUT2D eigenvalue weighted by Crippen LogP contribution is -2.46. The first-order chi connectivity index (χ1) is 12.6. The Bertz CT molecular complexity index is 741. The minimum absolute atomic E-state index is 0.0401. The van der Waals surface area contributed by atoms with Crippen LogP contribution in [0.15, 0.2) is 34.9 Å². The number of carbonyl (C=O) groups excluding carboxylic acids is 1. The zero-order valence-corrected chi connectivity index (χ0v) is 14.8. The Kier molecular flexibility index (Phi) is 6.00. The molecule has 0 saturated carbocycles. The molecule has 0 aliphatic carbocycles. The Morgan fingerprint density at radius 1 is 1.35 bits per heavy atom. The van der Waals surface area contributed by atoms with Gasteiger partial charge in [0.15, 0.2) is 0 Å². The van der Waals surface area contributed by atoms with Gasteiger partial charge in [0.05, 0.1) is 12.0 Å². The molecule has 1 N–H and O–H groups in total. The van der Waals surface area contributed by atoms with Crippen molar-refractivity contribution in [2.24, 2.45) is 5.41 Å². The number of amides is 1. The predicted molar refractivity (Wildman–Crippen MR) is 93.0 cm³/mol. The number of ether oxygens (including phenoxy) is 2. The van der Waals surface area contributed by atoms with Crippen LogP contribution in [0.4, 0.5) is 4.39 Å². The summed E-state index contributed by atoms with van der Waals surface area (Å²) >= 11 is 0. The van der Waals surface area contributed by atoms with E-state index in [1.54, 1.807) is 31.4 Å². The second kappa shape index (κ2) is 8.42. The van der Waals surface area contributed by atoms with Crippen LogP contribution in [-0.4, -0.2) is 44.5 Å². The van der Waals surface area contributed by atoms with Gasteiger partial charge in [-0.15, -0.1) is 0 Å². The van der Waals surface area contributed by atoms with Crippen LogP contribution in [0.25, 0.3) is 11.3 Å². The van der Waals surface area contributed by atoms with E-state index in [2.05, 4.69) is 10.5 Å². The number of methoxy groups -OCH3 is 1. The molecular formula is C19H23FN2O4. The normalized spacial score (nSPS) is 16.4. The second-order valence-electron chi connectivity index (χ2n) is 6.48. The lowest BCUT2D eigenvalue weighted by molar-refractivity contribution is -0.137. The van der Waals surface area contributed by atoms with Crippen molar-refractivity contribution in [2.45, 2.75) is 19.3 Å². The third-order valence-electron chi connectivity index (χ3n) is 4.74. The van der Waals surface area contributed by atoms with Crippen molar-refractivity contribution in [3.8, 4) is 11.3 Å². The molecule has 1 saturated heterocycles.